The minimum absolute atomic E-state index is 0.167. The molecule has 0 bridgehead atoms. The van der Waals surface area contributed by atoms with Gasteiger partial charge in [0.05, 0.1) is 28.5 Å². The molecule has 0 saturated carbocycles. The van der Waals surface area contributed by atoms with Gasteiger partial charge in [-0.3, -0.25) is 4.79 Å². The van der Waals surface area contributed by atoms with Crippen molar-refractivity contribution < 1.29 is 4.79 Å². The second kappa shape index (κ2) is 7.48. The van der Waals surface area contributed by atoms with Crippen LogP contribution < -0.4 is 5.32 Å². The van der Waals surface area contributed by atoms with E-state index in [9.17, 15) is 4.79 Å². The van der Waals surface area contributed by atoms with E-state index < -0.39 is 0 Å². The maximum absolute atomic E-state index is 13.1. The van der Waals surface area contributed by atoms with E-state index in [1.807, 2.05) is 72.3 Å². The van der Waals surface area contributed by atoms with E-state index in [4.69, 9.17) is 4.98 Å². The lowest BCUT2D eigenvalue weighted by Crippen LogP contribution is -2.14. The summed E-state index contributed by atoms with van der Waals surface area (Å²) in [5.41, 5.74) is 3.79. The average molecular weight is 468 g/mol. The maximum atomic E-state index is 13.1. The summed E-state index contributed by atoms with van der Waals surface area (Å²) in [6, 6.07) is 19.4. The minimum Gasteiger partial charge on any atom is -0.321 e. The molecule has 6 heteroatoms. The van der Waals surface area contributed by atoms with Gasteiger partial charge in [0.2, 0.25) is 0 Å². The van der Waals surface area contributed by atoms with E-state index in [1.165, 1.54) is 0 Å². The fraction of sp³-hybridized carbons (Fsp3) is 0.0952. The number of anilines is 1. The van der Waals surface area contributed by atoms with E-state index in [2.05, 4.69) is 33.0 Å². The molecule has 134 valence electrons. The van der Waals surface area contributed by atoms with Gasteiger partial charge >= 0.3 is 0 Å². The molecule has 0 saturated heterocycles. The van der Waals surface area contributed by atoms with Crippen LogP contribution in [-0.2, 0) is 6.54 Å². The monoisotopic (exact) mass is 468 g/mol. The summed E-state index contributed by atoms with van der Waals surface area (Å²) in [5, 5.41) is 8.15. The van der Waals surface area contributed by atoms with Gasteiger partial charge in [0.25, 0.3) is 5.91 Å². The highest BCUT2D eigenvalue weighted by atomic mass is 127. The van der Waals surface area contributed by atoms with Gasteiger partial charge in [-0.1, -0.05) is 42.5 Å². The molecule has 2 heterocycles. The van der Waals surface area contributed by atoms with Crippen molar-refractivity contribution in [3.63, 3.8) is 0 Å². The summed E-state index contributed by atoms with van der Waals surface area (Å²) in [7, 11) is 0. The molecule has 0 unspecified atom stereocenters. The molecule has 1 amide bonds. The molecule has 0 aliphatic heterocycles. The lowest BCUT2D eigenvalue weighted by atomic mass is 10.1. The van der Waals surface area contributed by atoms with Crippen molar-refractivity contribution in [3.8, 4) is 11.3 Å². The summed E-state index contributed by atoms with van der Waals surface area (Å²) in [6.45, 7) is 2.70. The first-order chi connectivity index (χ1) is 13.2. The molecule has 0 aliphatic rings. The lowest BCUT2D eigenvalue weighted by molar-refractivity contribution is 0.102. The number of amides is 1. The fourth-order valence-corrected chi connectivity index (χ4v) is 3.50. The Morgan fingerprint density at radius 3 is 2.59 bits per heavy atom. The average Bonchev–Trinajstić information content (AvgIpc) is 3.12. The summed E-state index contributed by atoms with van der Waals surface area (Å²) >= 11 is 2.21. The zero-order valence-corrected chi connectivity index (χ0v) is 16.8. The van der Waals surface area contributed by atoms with Crippen molar-refractivity contribution >= 4 is 45.2 Å². The standard InChI is InChI=1S/C21H17IN4O/c1-2-26-20-16(13-23-26)15(12-19(24-20)14-8-4-3-5-9-14)21(27)25-18-11-7-6-10-17(18)22/h3-13H,2H2,1H3,(H,25,27). The number of nitrogens with zero attached hydrogens (tertiary/aromatic N) is 3. The Morgan fingerprint density at radius 1 is 1.11 bits per heavy atom. The minimum atomic E-state index is -0.167. The highest BCUT2D eigenvalue weighted by Gasteiger charge is 2.18. The molecule has 0 radical (unpaired) electrons. The van der Waals surface area contributed by atoms with Crippen LogP contribution >= 0.6 is 22.6 Å². The Labute approximate surface area is 170 Å². The van der Waals surface area contributed by atoms with Crippen LogP contribution in [0.3, 0.4) is 0 Å². The normalized spacial score (nSPS) is 10.9. The molecule has 0 aliphatic carbocycles. The molecule has 4 rings (SSSR count). The number of hydrogen-bond donors (Lipinski definition) is 1. The SMILES string of the molecule is CCn1ncc2c(C(=O)Nc3ccccc3I)cc(-c3ccccc3)nc21. The zero-order chi connectivity index (χ0) is 18.8. The first-order valence-corrected chi connectivity index (χ1v) is 9.73. The van der Waals surface area contributed by atoms with Crippen LogP contribution in [-0.4, -0.2) is 20.7 Å². The molecular formula is C21H17IN4O. The van der Waals surface area contributed by atoms with Crippen molar-refractivity contribution in [1.82, 2.24) is 14.8 Å². The van der Waals surface area contributed by atoms with Crippen molar-refractivity contribution in [3.05, 3.63) is 76.0 Å². The molecule has 2 aromatic heterocycles. The predicted molar refractivity (Wildman–Crippen MR) is 116 cm³/mol. The number of aromatic nitrogens is 3. The summed E-state index contributed by atoms with van der Waals surface area (Å²) in [6.07, 6.45) is 1.71. The van der Waals surface area contributed by atoms with Crippen LogP contribution in [0.4, 0.5) is 5.69 Å². The summed E-state index contributed by atoms with van der Waals surface area (Å²) < 4.78 is 2.80. The second-order valence-electron chi connectivity index (χ2n) is 6.05. The van der Waals surface area contributed by atoms with Gasteiger partial charge in [0.1, 0.15) is 0 Å². The van der Waals surface area contributed by atoms with Crippen molar-refractivity contribution in [1.29, 1.82) is 0 Å². The number of rotatable bonds is 4. The number of pyridine rings is 1. The molecule has 0 fully saturated rings. The number of carbonyl (C=O) groups excluding carboxylic acids is 1. The number of benzene rings is 2. The molecule has 0 atom stereocenters. The second-order valence-corrected chi connectivity index (χ2v) is 7.21. The van der Waals surface area contributed by atoms with Crippen molar-refractivity contribution in [2.75, 3.05) is 5.32 Å². The van der Waals surface area contributed by atoms with Gasteiger partial charge < -0.3 is 5.32 Å². The van der Waals surface area contributed by atoms with Crippen LogP contribution in [0, 0.1) is 3.57 Å². The molecular weight excluding hydrogens is 451 g/mol. The van der Waals surface area contributed by atoms with Gasteiger partial charge in [-0.05, 0) is 47.7 Å². The van der Waals surface area contributed by atoms with Crippen LogP contribution in [0.25, 0.3) is 22.3 Å². The molecule has 5 nitrogen and oxygen atoms in total. The summed E-state index contributed by atoms with van der Waals surface area (Å²) in [4.78, 5) is 17.8. The van der Waals surface area contributed by atoms with Gasteiger partial charge in [-0.2, -0.15) is 5.10 Å². The van der Waals surface area contributed by atoms with E-state index in [0.717, 1.165) is 25.9 Å². The number of para-hydroxylation sites is 1. The third kappa shape index (κ3) is 3.44. The van der Waals surface area contributed by atoms with Crippen LogP contribution in [0.2, 0.25) is 0 Å². The van der Waals surface area contributed by atoms with Crippen LogP contribution in [0.1, 0.15) is 17.3 Å². The number of fused-ring (bicyclic) bond motifs is 1. The van der Waals surface area contributed by atoms with Gasteiger partial charge in [0.15, 0.2) is 5.65 Å². The Balaban J connectivity index is 1.84. The largest absolute Gasteiger partial charge is 0.321 e. The fourth-order valence-electron chi connectivity index (χ4n) is 2.98. The van der Waals surface area contributed by atoms with E-state index in [1.54, 1.807) is 6.20 Å². The first-order valence-electron chi connectivity index (χ1n) is 8.65. The van der Waals surface area contributed by atoms with E-state index in [-0.39, 0.29) is 5.91 Å². The molecule has 27 heavy (non-hydrogen) atoms. The van der Waals surface area contributed by atoms with Crippen molar-refractivity contribution in [2.45, 2.75) is 13.5 Å². The predicted octanol–water partition coefficient (Wildman–Crippen LogP) is 4.98. The quantitative estimate of drug-likeness (QED) is 0.430. The first kappa shape index (κ1) is 17.7. The third-order valence-corrected chi connectivity index (χ3v) is 5.29. The van der Waals surface area contributed by atoms with Gasteiger partial charge in [0, 0.05) is 15.7 Å². The Morgan fingerprint density at radius 2 is 1.85 bits per heavy atom. The molecule has 4 aromatic rings. The Bertz CT molecular complexity index is 1120. The molecule has 0 spiro atoms. The highest BCUT2D eigenvalue weighted by Crippen LogP contribution is 2.26. The maximum Gasteiger partial charge on any atom is 0.256 e. The molecule has 1 N–H and O–H groups in total. The Kier molecular flexibility index (Phi) is 4.89. The highest BCUT2D eigenvalue weighted by molar-refractivity contribution is 14.1. The number of hydrogen-bond acceptors (Lipinski definition) is 3. The smallest absolute Gasteiger partial charge is 0.256 e. The van der Waals surface area contributed by atoms with Crippen molar-refractivity contribution in [2.24, 2.45) is 0 Å². The summed E-state index contributed by atoms with van der Waals surface area (Å²) in [5.74, 6) is -0.167. The lowest BCUT2D eigenvalue weighted by Gasteiger charge is -2.10. The third-order valence-electron chi connectivity index (χ3n) is 4.34. The number of carbonyl (C=O) groups is 1. The zero-order valence-electron chi connectivity index (χ0n) is 14.7. The topological polar surface area (TPSA) is 59.8 Å². The van der Waals surface area contributed by atoms with Crippen LogP contribution in [0.15, 0.2) is 66.9 Å². The van der Waals surface area contributed by atoms with E-state index >= 15 is 0 Å². The number of nitrogens with one attached hydrogen (secondary N) is 1. The van der Waals surface area contributed by atoms with E-state index in [0.29, 0.717) is 17.8 Å². The number of halogens is 1. The van der Waals surface area contributed by atoms with Gasteiger partial charge in [-0.15, -0.1) is 0 Å². The Hall–Kier alpha value is -2.74. The molecule has 2 aromatic carbocycles. The van der Waals surface area contributed by atoms with Crippen LogP contribution in [0.5, 0.6) is 0 Å². The number of aryl methyl sites for hydroxylation is 1. The van der Waals surface area contributed by atoms with Gasteiger partial charge in [-0.25, -0.2) is 9.67 Å².